The Morgan fingerprint density at radius 1 is 1.47 bits per heavy atom. The highest BCUT2D eigenvalue weighted by atomic mass is 16.4. The van der Waals surface area contributed by atoms with Crippen LogP contribution in [0.15, 0.2) is 16.9 Å². The van der Waals surface area contributed by atoms with E-state index in [4.69, 9.17) is 5.11 Å². The van der Waals surface area contributed by atoms with Crippen molar-refractivity contribution in [3.8, 4) is 0 Å². The molecule has 4 heteroatoms. The quantitative estimate of drug-likeness (QED) is 0.798. The predicted molar refractivity (Wildman–Crippen MR) is 55.0 cm³/mol. The van der Waals surface area contributed by atoms with Gasteiger partial charge in [-0.1, -0.05) is 6.07 Å². The third-order valence-corrected chi connectivity index (χ3v) is 2.77. The van der Waals surface area contributed by atoms with Crippen molar-refractivity contribution in [3.05, 3.63) is 33.7 Å². The number of aryl methyl sites for hydroxylation is 2. The van der Waals surface area contributed by atoms with Gasteiger partial charge in [-0.2, -0.15) is 0 Å². The average molecular weight is 207 g/mol. The maximum Gasteiger partial charge on any atom is 0.303 e. The standard InChI is InChI=1S/C11H13NO3/c13-10(14)6-4-8-3-5-9-2-1-7-12(9)11(8)15/h3,5H,1-2,4,6-7H2,(H,13,14). The van der Waals surface area contributed by atoms with Crippen molar-refractivity contribution >= 4 is 5.97 Å². The Morgan fingerprint density at radius 2 is 2.27 bits per heavy atom. The summed E-state index contributed by atoms with van der Waals surface area (Å²) in [6.45, 7) is 0.773. The number of carbonyl (C=O) groups is 1. The normalized spacial score (nSPS) is 13.9. The van der Waals surface area contributed by atoms with Gasteiger partial charge in [0.2, 0.25) is 0 Å². The van der Waals surface area contributed by atoms with Crippen LogP contribution in [0.3, 0.4) is 0 Å². The largest absolute Gasteiger partial charge is 0.481 e. The van der Waals surface area contributed by atoms with E-state index < -0.39 is 5.97 Å². The van der Waals surface area contributed by atoms with Gasteiger partial charge >= 0.3 is 5.97 Å². The van der Waals surface area contributed by atoms with E-state index in [1.165, 1.54) is 0 Å². The molecule has 1 aliphatic rings. The summed E-state index contributed by atoms with van der Waals surface area (Å²) in [5.41, 5.74) is 1.67. The van der Waals surface area contributed by atoms with E-state index in [0.29, 0.717) is 12.0 Å². The average Bonchev–Trinajstić information content (AvgIpc) is 2.65. The number of pyridine rings is 1. The lowest BCUT2D eigenvalue weighted by Gasteiger charge is -2.05. The molecular formula is C11H13NO3. The Balaban J connectivity index is 2.27. The number of carboxylic acids is 1. The van der Waals surface area contributed by atoms with Gasteiger partial charge in [-0.3, -0.25) is 9.59 Å². The minimum atomic E-state index is -0.861. The minimum Gasteiger partial charge on any atom is -0.481 e. The van der Waals surface area contributed by atoms with E-state index in [9.17, 15) is 9.59 Å². The number of hydrogen-bond acceptors (Lipinski definition) is 2. The number of aliphatic carboxylic acids is 1. The second kappa shape index (κ2) is 3.88. The number of carboxylic acid groups (broad SMARTS) is 1. The first-order valence-electron chi connectivity index (χ1n) is 5.12. The number of fused-ring (bicyclic) bond motifs is 1. The molecule has 0 unspecified atom stereocenters. The van der Waals surface area contributed by atoms with E-state index in [1.807, 2.05) is 6.07 Å². The summed E-state index contributed by atoms with van der Waals surface area (Å²) < 4.78 is 1.76. The Kier molecular flexibility index (Phi) is 2.58. The van der Waals surface area contributed by atoms with Crippen molar-refractivity contribution in [2.75, 3.05) is 0 Å². The third-order valence-electron chi connectivity index (χ3n) is 2.77. The second-order valence-electron chi connectivity index (χ2n) is 3.80. The molecule has 80 valence electrons. The van der Waals surface area contributed by atoms with Crippen molar-refractivity contribution in [2.45, 2.75) is 32.2 Å². The van der Waals surface area contributed by atoms with E-state index >= 15 is 0 Å². The highest BCUT2D eigenvalue weighted by molar-refractivity contribution is 5.67. The zero-order valence-electron chi connectivity index (χ0n) is 8.40. The zero-order chi connectivity index (χ0) is 10.8. The van der Waals surface area contributed by atoms with Crippen molar-refractivity contribution in [1.82, 2.24) is 4.57 Å². The van der Waals surface area contributed by atoms with Gasteiger partial charge < -0.3 is 9.67 Å². The van der Waals surface area contributed by atoms with Crippen LogP contribution in [0.4, 0.5) is 0 Å². The maximum atomic E-state index is 11.8. The molecule has 0 amide bonds. The molecule has 0 spiro atoms. The molecule has 4 nitrogen and oxygen atoms in total. The van der Waals surface area contributed by atoms with Gasteiger partial charge in [0, 0.05) is 24.2 Å². The Morgan fingerprint density at radius 3 is 3.00 bits per heavy atom. The lowest BCUT2D eigenvalue weighted by Crippen LogP contribution is -2.23. The van der Waals surface area contributed by atoms with Gasteiger partial charge in [0.05, 0.1) is 0 Å². The van der Waals surface area contributed by atoms with Crippen LogP contribution in [0.25, 0.3) is 0 Å². The Bertz CT molecular complexity index is 448. The molecule has 1 aromatic rings. The summed E-state index contributed by atoms with van der Waals surface area (Å²) in [6, 6.07) is 3.70. The van der Waals surface area contributed by atoms with Crippen LogP contribution in [0.5, 0.6) is 0 Å². The van der Waals surface area contributed by atoms with Gasteiger partial charge in [-0.15, -0.1) is 0 Å². The summed E-state index contributed by atoms with van der Waals surface area (Å²) in [7, 11) is 0. The van der Waals surface area contributed by atoms with Crippen LogP contribution in [0, 0.1) is 0 Å². The molecule has 1 N–H and O–H groups in total. The molecule has 0 saturated carbocycles. The summed E-state index contributed by atoms with van der Waals surface area (Å²) in [5.74, 6) is -0.861. The van der Waals surface area contributed by atoms with Gasteiger partial charge in [-0.05, 0) is 25.3 Å². The Labute approximate surface area is 87.2 Å². The summed E-state index contributed by atoms with van der Waals surface area (Å²) in [6.07, 6.45) is 2.31. The molecule has 1 aromatic heterocycles. The molecule has 0 saturated heterocycles. The maximum absolute atomic E-state index is 11.8. The van der Waals surface area contributed by atoms with Crippen molar-refractivity contribution in [3.63, 3.8) is 0 Å². The van der Waals surface area contributed by atoms with Crippen LogP contribution in [-0.2, 0) is 24.2 Å². The highest BCUT2D eigenvalue weighted by Gasteiger charge is 2.14. The molecule has 0 fully saturated rings. The summed E-state index contributed by atoms with van der Waals surface area (Å²) >= 11 is 0. The van der Waals surface area contributed by atoms with Gasteiger partial charge in [0.25, 0.3) is 5.56 Å². The van der Waals surface area contributed by atoms with Gasteiger partial charge in [0.15, 0.2) is 0 Å². The van der Waals surface area contributed by atoms with Crippen LogP contribution in [0.2, 0.25) is 0 Å². The van der Waals surface area contributed by atoms with E-state index in [2.05, 4.69) is 0 Å². The number of nitrogens with zero attached hydrogens (tertiary/aromatic N) is 1. The third kappa shape index (κ3) is 1.93. The van der Waals surface area contributed by atoms with Crippen molar-refractivity contribution < 1.29 is 9.90 Å². The zero-order valence-corrected chi connectivity index (χ0v) is 8.40. The highest BCUT2D eigenvalue weighted by Crippen LogP contribution is 2.12. The SMILES string of the molecule is O=C(O)CCc1ccc2n(c1=O)CCC2. The first-order valence-corrected chi connectivity index (χ1v) is 5.12. The van der Waals surface area contributed by atoms with Crippen molar-refractivity contribution in [1.29, 1.82) is 0 Å². The number of aromatic nitrogens is 1. The molecule has 0 bridgehead atoms. The lowest BCUT2D eigenvalue weighted by atomic mass is 10.1. The molecular weight excluding hydrogens is 194 g/mol. The molecule has 2 heterocycles. The summed E-state index contributed by atoms with van der Waals surface area (Å²) in [5, 5.41) is 8.55. The fourth-order valence-electron chi connectivity index (χ4n) is 1.98. The minimum absolute atomic E-state index is 0.00810. The van der Waals surface area contributed by atoms with Gasteiger partial charge in [0.1, 0.15) is 0 Å². The fourth-order valence-corrected chi connectivity index (χ4v) is 1.98. The molecule has 15 heavy (non-hydrogen) atoms. The topological polar surface area (TPSA) is 59.3 Å². The molecule has 0 aliphatic carbocycles. The van der Waals surface area contributed by atoms with Crippen LogP contribution < -0.4 is 5.56 Å². The second-order valence-corrected chi connectivity index (χ2v) is 3.80. The van der Waals surface area contributed by atoms with Crippen LogP contribution in [-0.4, -0.2) is 15.6 Å². The van der Waals surface area contributed by atoms with E-state index in [0.717, 1.165) is 25.1 Å². The predicted octanol–water partition coefficient (Wildman–Crippen LogP) is 0.812. The number of rotatable bonds is 3. The number of hydrogen-bond donors (Lipinski definition) is 1. The smallest absolute Gasteiger partial charge is 0.303 e. The van der Waals surface area contributed by atoms with E-state index in [-0.39, 0.29) is 12.0 Å². The van der Waals surface area contributed by atoms with Gasteiger partial charge in [-0.25, -0.2) is 0 Å². The molecule has 0 aromatic carbocycles. The molecule has 0 atom stereocenters. The molecule has 2 rings (SSSR count). The fraction of sp³-hybridized carbons (Fsp3) is 0.455. The monoisotopic (exact) mass is 207 g/mol. The molecule has 1 aliphatic heterocycles. The molecule has 0 radical (unpaired) electrons. The van der Waals surface area contributed by atoms with Crippen molar-refractivity contribution in [2.24, 2.45) is 0 Å². The van der Waals surface area contributed by atoms with Crippen LogP contribution >= 0.6 is 0 Å². The summed E-state index contributed by atoms with van der Waals surface area (Å²) in [4.78, 5) is 22.3. The Hall–Kier alpha value is -1.58. The van der Waals surface area contributed by atoms with E-state index in [1.54, 1.807) is 10.6 Å². The lowest BCUT2D eigenvalue weighted by molar-refractivity contribution is -0.136. The van der Waals surface area contributed by atoms with Crippen LogP contribution in [0.1, 0.15) is 24.1 Å². The first kappa shape index (κ1) is 9.96. The first-order chi connectivity index (χ1) is 7.18.